The number of aromatic nitrogens is 2. The fraction of sp³-hybridized carbons (Fsp3) is 0.276. The molecule has 0 N–H and O–H groups in total. The van der Waals surface area contributed by atoms with Crippen molar-refractivity contribution < 1.29 is 9.66 Å². The van der Waals surface area contributed by atoms with Gasteiger partial charge in [-0.2, -0.15) is 9.78 Å². The highest BCUT2D eigenvalue weighted by Crippen LogP contribution is 2.35. The van der Waals surface area contributed by atoms with E-state index in [-0.39, 0.29) is 34.5 Å². The van der Waals surface area contributed by atoms with Crippen molar-refractivity contribution in [2.75, 3.05) is 0 Å². The molecule has 0 radical (unpaired) electrons. The average molecular weight is 531 g/mol. The van der Waals surface area contributed by atoms with E-state index in [1.54, 1.807) is 18.2 Å². The van der Waals surface area contributed by atoms with E-state index in [1.807, 2.05) is 43.3 Å². The molecular formula is C29H27ClN4O4. The van der Waals surface area contributed by atoms with Gasteiger partial charge >= 0.3 is 5.69 Å². The molecule has 1 aromatic heterocycles. The second kappa shape index (κ2) is 11.1. The lowest BCUT2D eigenvalue weighted by molar-refractivity contribution is -0.385. The molecule has 1 fully saturated rings. The maximum atomic E-state index is 13.5. The molecule has 5 rings (SSSR count). The molecule has 38 heavy (non-hydrogen) atoms. The van der Waals surface area contributed by atoms with Gasteiger partial charge < -0.3 is 4.74 Å². The highest BCUT2D eigenvalue weighted by atomic mass is 35.5. The Balaban J connectivity index is 1.60. The molecule has 0 amide bonds. The summed E-state index contributed by atoms with van der Waals surface area (Å²) in [4.78, 5) is 29.7. The van der Waals surface area contributed by atoms with Gasteiger partial charge in [0.2, 0.25) is 5.75 Å². The van der Waals surface area contributed by atoms with Gasteiger partial charge in [-0.05, 0) is 43.5 Å². The molecule has 9 heteroatoms. The molecule has 0 atom stereocenters. The largest absolute Gasteiger partial charge is 0.481 e. The average Bonchev–Trinajstić information content (AvgIpc) is 2.92. The van der Waals surface area contributed by atoms with Crippen molar-refractivity contribution in [2.24, 2.45) is 5.10 Å². The number of hydrogen-bond acceptors (Lipinski definition) is 6. The molecule has 0 saturated heterocycles. The first-order valence-corrected chi connectivity index (χ1v) is 13.0. The Bertz CT molecular complexity index is 1590. The number of nitrogens with zero attached hydrogens (tertiary/aromatic N) is 4. The molecule has 4 aromatic rings. The van der Waals surface area contributed by atoms with Crippen LogP contribution in [0.3, 0.4) is 0 Å². The SMILES string of the molecule is Cc1cccc(COc2c(C=Nn3c(C4CCCCC4)nc4ccccc4c3=O)cc(Cl)cc2[N+](=O)[O-])c1. The number of para-hydroxylation sites is 1. The number of fused-ring (bicyclic) bond motifs is 1. The molecule has 0 bridgehead atoms. The summed E-state index contributed by atoms with van der Waals surface area (Å²) in [5.74, 6) is 0.734. The van der Waals surface area contributed by atoms with E-state index < -0.39 is 4.92 Å². The Morgan fingerprint density at radius 3 is 2.68 bits per heavy atom. The number of aryl methyl sites for hydroxylation is 1. The Labute approximate surface area is 224 Å². The highest BCUT2D eigenvalue weighted by Gasteiger charge is 2.24. The Morgan fingerprint density at radius 2 is 1.92 bits per heavy atom. The summed E-state index contributed by atoms with van der Waals surface area (Å²) in [7, 11) is 0. The number of hydrogen-bond donors (Lipinski definition) is 0. The van der Waals surface area contributed by atoms with Crippen LogP contribution in [0.4, 0.5) is 5.69 Å². The standard InChI is InChI=1S/C29H27ClN4O4/c1-19-8-7-9-20(14-19)18-38-27-22(15-23(30)16-26(27)34(36)37)17-31-33-28(21-10-3-2-4-11-21)32-25-13-6-5-12-24(25)29(33)35/h5-9,12-17,21H,2-4,10-11,18H2,1H3. The number of ether oxygens (including phenoxy) is 1. The van der Waals surface area contributed by atoms with E-state index >= 15 is 0 Å². The van der Waals surface area contributed by atoms with E-state index in [0.29, 0.717) is 22.3 Å². The zero-order chi connectivity index (χ0) is 26.6. The van der Waals surface area contributed by atoms with Crippen molar-refractivity contribution in [3.05, 3.63) is 109 Å². The summed E-state index contributed by atoms with van der Waals surface area (Å²) in [5.41, 5.74) is 2.29. The van der Waals surface area contributed by atoms with Crippen LogP contribution in [0.2, 0.25) is 5.02 Å². The molecule has 0 aliphatic heterocycles. The second-order valence-corrected chi connectivity index (χ2v) is 10.00. The lowest BCUT2D eigenvalue weighted by atomic mass is 9.88. The molecule has 3 aromatic carbocycles. The lowest BCUT2D eigenvalue weighted by Crippen LogP contribution is -2.25. The summed E-state index contributed by atoms with van der Waals surface area (Å²) in [6, 6.07) is 17.7. The van der Waals surface area contributed by atoms with Gasteiger partial charge in [-0.25, -0.2) is 4.98 Å². The van der Waals surface area contributed by atoms with E-state index in [2.05, 4.69) is 5.10 Å². The van der Waals surface area contributed by atoms with Crippen LogP contribution in [0.15, 0.2) is 70.6 Å². The van der Waals surface area contributed by atoms with Gasteiger partial charge in [0.1, 0.15) is 12.4 Å². The van der Waals surface area contributed by atoms with Crippen molar-refractivity contribution in [1.29, 1.82) is 0 Å². The summed E-state index contributed by atoms with van der Waals surface area (Å²) in [5, 5.41) is 17.0. The third-order valence-electron chi connectivity index (χ3n) is 6.79. The van der Waals surface area contributed by atoms with E-state index in [4.69, 9.17) is 21.3 Å². The fourth-order valence-electron chi connectivity index (χ4n) is 4.94. The summed E-state index contributed by atoms with van der Waals surface area (Å²) < 4.78 is 7.30. The summed E-state index contributed by atoms with van der Waals surface area (Å²) in [6.45, 7) is 2.08. The van der Waals surface area contributed by atoms with Gasteiger partial charge in [-0.1, -0.05) is 72.8 Å². The van der Waals surface area contributed by atoms with Crippen molar-refractivity contribution >= 4 is 34.4 Å². The van der Waals surface area contributed by atoms with Crippen molar-refractivity contribution in [2.45, 2.75) is 51.6 Å². The number of halogens is 1. The third-order valence-corrected chi connectivity index (χ3v) is 7.00. The minimum Gasteiger partial charge on any atom is -0.481 e. The molecule has 8 nitrogen and oxygen atoms in total. The normalized spacial score (nSPS) is 14.3. The molecule has 1 heterocycles. The van der Waals surface area contributed by atoms with Crippen LogP contribution in [-0.4, -0.2) is 20.8 Å². The molecule has 0 unspecified atom stereocenters. The quantitative estimate of drug-likeness (QED) is 0.149. The number of nitro groups is 1. The Hall–Kier alpha value is -4.04. The Kier molecular flexibility index (Phi) is 7.51. The predicted octanol–water partition coefficient (Wildman–Crippen LogP) is 6.78. The van der Waals surface area contributed by atoms with E-state index in [0.717, 1.165) is 43.2 Å². The van der Waals surface area contributed by atoms with E-state index in [9.17, 15) is 14.9 Å². The van der Waals surface area contributed by atoms with Crippen molar-refractivity contribution in [3.63, 3.8) is 0 Å². The predicted molar refractivity (Wildman–Crippen MR) is 148 cm³/mol. The molecule has 1 aliphatic carbocycles. The lowest BCUT2D eigenvalue weighted by Gasteiger charge is -2.22. The van der Waals surface area contributed by atoms with Crippen molar-refractivity contribution in [1.82, 2.24) is 9.66 Å². The van der Waals surface area contributed by atoms with Gasteiger partial charge in [0.25, 0.3) is 5.56 Å². The van der Waals surface area contributed by atoms with Crippen LogP contribution in [-0.2, 0) is 6.61 Å². The maximum Gasteiger partial charge on any atom is 0.313 e. The first-order chi connectivity index (χ1) is 18.4. The summed E-state index contributed by atoms with van der Waals surface area (Å²) >= 11 is 6.25. The first-order valence-electron chi connectivity index (χ1n) is 12.6. The van der Waals surface area contributed by atoms with Crippen LogP contribution in [0.1, 0.15) is 60.5 Å². The topological polar surface area (TPSA) is 99.6 Å². The third kappa shape index (κ3) is 5.45. The van der Waals surface area contributed by atoms with Crippen LogP contribution in [0.5, 0.6) is 5.75 Å². The van der Waals surface area contributed by atoms with Crippen molar-refractivity contribution in [3.8, 4) is 5.75 Å². The van der Waals surface area contributed by atoms with Gasteiger partial charge in [0.15, 0.2) is 0 Å². The van der Waals surface area contributed by atoms with Gasteiger partial charge in [0.05, 0.1) is 22.0 Å². The minimum absolute atomic E-state index is 0.0330. The van der Waals surface area contributed by atoms with Crippen LogP contribution >= 0.6 is 11.6 Å². The molecule has 0 spiro atoms. The highest BCUT2D eigenvalue weighted by molar-refractivity contribution is 6.31. The van der Waals surface area contributed by atoms with Crippen LogP contribution < -0.4 is 10.3 Å². The second-order valence-electron chi connectivity index (χ2n) is 9.56. The van der Waals surface area contributed by atoms with Crippen LogP contribution in [0, 0.1) is 17.0 Å². The zero-order valence-corrected chi connectivity index (χ0v) is 21.7. The Morgan fingerprint density at radius 1 is 1.13 bits per heavy atom. The number of rotatable bonds is 7. The molecule has 1 saturated carbocycles. The number of nitro benzene ring substituents is 1. The summed E-state index contributed by atoms with van der Waals surface area (Å²) in [6.07, 6.45) is 6.53. The van der Waals surface area contributed by atoms with Gasteiger partial charge in [-0.15, -0.1) is 0 Å². The first kappa shape index (κ1) is 25.6. The molecule has 1 aliphatic rings. The number of benzene rings is 3. The van der Waals surface area contributed by atoms with Crippen LogP contribution in [0.25, 0.3) is 10.9 Å². The zero-order valence-electron chi connectivity index (χ0n) is 21.0. The van der Waals surface area contributed by atoms with Gasteiger partial charge in [0, 0.05) is 22.6 Å². The monoisotopic (exact) mass is 530 g/mol. The maximum absolute atomic E-state index is 13.5. The van der Waals surface area contributed by atoms with E-state index in [1.165, 1.54) is 17.0 Å². The fourth-order valence-corrected chi connectivity index (χ4v) is 5.16. The molecule has 194 valence electrons. The smallest absolute Gasteiger partial charge is 0.313 e. The molecular weight excluding hydrogens is 504 g/mol. The minimum atomic E-state index is -0.536. The van der Waals surface area contributed by atoms with Gasteiger partial charge in [-0.3, -0.25) is 14.9 Å².